The first kappa shape index (κ1) is 21.9. The molecule has 1 N–H and O–H groups in total. The minimum Gasteiger partial charge on any atom is -0.507 e. The first-order valence-electron chi connectivity index (χ1n) is 10.8. The number of carbonyl (C=O) groups excluding carboxylic acids is 2. The molecule has 0 radical (unpaired) electrons. The van der Waals surface area contributed by atoms with Crippen LogP contribution in [0.2, 0.25) is 0 Å². The van der Waals surface area contributed by atoms with E-state index in [1.807, 2.05) is 6.07 Å². The van der Waals surface area contributed by atoms with Crippen LogP contribution in [-0.4, -0.2) is 67.0 Å². The number of ether oxygens (including phenoxy) is 2. The van der Waals surface area contributed by atoms with Gasteiger partial charge in [0.25, 0.3) is 11.7 Å². The Bertz CT molecular complexity index is 1030. The van der Waals surface area contributed by atoms with Crippen LogP contribution in [0.15, 0.2) is 54.1 Å². The van der Waals surface area contributed by atoms with Gasteiger partial charge >= 0.3 is 0 Å². The summed E-state index contributed by atoms with van der Waals surface area (Å²) in [4.78, 5) is 30.1. The van der Waals surface area contributed by atoms with E-state index in [0.29, 0.717) is 35.7 Å². The number of likely N-dealkylation sites (tertiary alicyclic amines) is 2. The SMILES string of the molecule is COc1ccc(OC)c(C2/C(=C(\O)c3ccccc3)C(=O)C(=O)N2CCN2CCCC2)c1. The molecule has 2 aromatic carbocycles. The number of hydrogen-bond donors (Lipinski definition) is 1. The molecule has 1 unspecified atom stereocenters. The molecule has 1 amide bonds. The lowest BCUT2D eigenvalue weighted by Crippen LogP contribution is -2.37. The second-order valence-electron chi connectivity index (χ2n) is 8.02. The Morgan fingerprint density at radius 2 is 1.72 bits per heavy atom. The third kappa shape index (κ3) is 4.08. The van der Waals surface area contributed by atoms with Gasteiger partial charge in [-0.05, 0) is 44.1 Å². The van der Waals surface area contributed by atoms with E-state index in [1.165, 1.54) is 0 Å². The van der Waals surface area contributed by atoms with E-state index >= 15 is 0 Å². The lowest BCUT2D eigenvalue weighted by Gasteiger charge is -2.28. The van der Waals surface area contributed by atoms with Gasteiger partial charge in [0, 0.05) is 24.2 Å². The number of hydrogen-bond acceptors (Lipinski definition) is 6. The van der Waals surface area contributed by atoms with Crippen LogP contribution >= 0.6 is 0 Å². The van der Waals surface area contributed by atoms with Crippen LogP contribution in [0.5, 0.6) is 11.5 Å². The minimum atomic E-state index is -0.775. The monoisotopic (exact) mass is 436 g/mol. The van der Waals surface area contributed by atoms with E-state index in [1.54, 1.807) is 61.6 Å². The fourth-order valence-electron chi connectivity index (χ4n) is 4.49. The fourth-order valence-corrected chi connectivity index (χ4v) is 4.49. The van der Waals surface area contributed by atoms with Gasteiger partial charge < -0.3 is 24.4 Å². The number of carbonyl (C=O) groups is 2. The van der Waals surface area contributed by atoms with Gasteiger partial charge in [0.1, 0.15) is 17.3 Å². The van der Waals surface area contributed by atoms with Crippen molar-refractivity contribution >= 4 is 17.4 Å². The lowest BCUT2D eigenvalue weighted by molar-refractivity contribution is -0.140. The molecule has 0 saturated carbocycles. The number of methoxy groups -OCH3 is 2. The summed E-state index contributed by atoms with van der Waals surface area (Å²) in [5.41, 5.74) is 1.15. The summed E-state index contributed by atoms with van der Waals surface area (Å²) < 4.78 is 11.0. The van der Waals surface area contributed by atoms with Gasteiger partial charge in [-0.1, -0.05) is 30.3 Å². The zero-order chi connectivity index (χ0) is 22.7. The van der Waals surface area contributed by atoms with Crippen LogP contribution in [0.25, 0.3) is 5.76 Å². The van der Waals surface area contributed by atoms with Crippen molar-refractivity contribution in [1.29, 1.82) is 0 Å². The molecule has 2 aromatic rings. The van der Waals surface area contributed by atoms with E-state index < -0.39 is 17.7 Å². The van der Waals surface area contributed by atoms with Crippen molar-refractivity contribution in [2.45, 2.75) is 18.9 Å². The lowest BCUT2D eigenvalue weighted by atomic mass is 9.94. The van der Waals surface area contributed by atoms with E-state index in [-0.39, 0.29) is 11.3 Å². The highest BCUT2D eigenvalue weighted by molar-refractivity contribution is 6.46. The van der Waals surface area contributed by atoms with E-state index in [9.17, 15) is 14.7 Å². The molecular formula is C25H28N2O5. The van der Waals surface area contributed by atoms with Gasteiger partial charge in [-0.15, -0.1) is 0 Å². The Morgan fingerprint density at radius 3 is 2.38 bits per heavy atom. The molecule has 2 heterocycles. The minimum absolute atomic E-state index is 0.0641. The highest BCUT2D eigenvalue weighted by atomic mass is 16.5. The summed E-state index contributed by atoms with van der Waals surface area (Å²) in [6.45, 7) is 3.02. The molecule has 7 nitrogen and oxygen atoms in total. The molecule has 4 rings (SSSR count). The van der Waals surface area contributed by atoms with Crippen LogP contribution < -0.4 is 9.47 Å². The van der Waals surface area contributed by atoms with E-state index in [4.69, 9.17) is 9.47 Å². The topological polar surface area (TPSA) is 79.3 Å². The van der Waals surface area contributed by atoms with Crippen LogP contribution in [0.4, 0.5) is 0 Å². The van der Waals surface area contributed by atoms with Crippen LogP contribution in [-0.2, 0) is 9.59 Å². The molecule has 0 aliphatic carbocycles. The third-order valence-electron chi connectivity index (χ3n) is 6.17. The molecule has 7 heteroatoms. The maximum Gasteiger partial charge on any atom is 0.295 e. The first-order chi connectivity index (χ1) is 15.5. The molecule has 168 valence electrons. The molecule has 2 saturated heterocycles. The third-order valence-corrected chi connectivity index (χ3v) is 6.17. The standard InChI is InChI=1S/C25H28N2O5/c1-31-18-10-11-20(32-2)19(16-18)22-21(23(28)17-8-4-3-5-9-17)24(29)25(30)27(22)15-14-26-12-6-7-13-26/h3-5,8-11,16,22,28H,6-7,12-15H2,1-2H3/b23-21+. The van der Waals surface area contributed by atoms with Crippen molar-refractivity contribution in [1.82, 2.24) is 9.80 Å². The average molecular weight is 437 g/mol. The zero-order valence-electron chi connectivity index (χ0n) is 18.4. The van der Waals surface area contributed by atoms with Gasteiger partial charge in [0.15, 0.2) is 0 Å². The quantitative estimate of drug-likeness (QED) is 0.408. The molecule has 2 fully saturated rings. The smallest absolute Gasteiger partial charge is 0.295 e. The molecule has 0 spiro atoms. The Morgan fingerprint density at radius 1 is 1.00 bits per heavy atom. The van der Waals surface area contributed by atoms with Crippen molar-refractivity contribution in [3.05, 3.63) is 65.2 Å². The van der Waals surface area contributed by atoms with Gasteiger partial charge in [0.2, 0.25) is 0 Å². The number of aliphatic hydroxyl groups excluding tert-OH is 1. The second kappa shape index (κ2) is 9.44. The number of rotatable bonds is 7. The highest BCUT2D eigenvalue weighted by Crippen LogP contribution is 2.43. The van der Waals surface area contributed by atoms with E-state index in [2.05, 4.69) is 4.90 Å². The summed E-state index contributed by atoms with van der Waals surface area (Å²) in [6, 6.07) is 13.3. The number of aliphatic hydroxyl groups is 1. The summed E-state index contributed by atoms with van der Waals surface area (Å²) in [5, 5.41) is 11.1. The Labute approximate surface area is 187 Å². The first-order valence-corrected chi connectivity index (χ1v) is 10.8. The molecule has 32 heavy (non-hydrogen) atoms. The molecule has 0 bridgehead atoms. The second-order valence-corrected chi connectivity index (χ2v) is 8.02. The largest absolute Gasteiger partial charge is 0.507 e. The van der Waals surface area contributed by atoms with Gasteiger partial charge in [-0.25, -0.2) is 0 Å². The summed E-state index contributed by atoms with van der Waals surface area (Å²) in [7, 11) is 3.10. The number of amides is 1. The molecule has 1 atom stereocenters. The number of Topliss-reactive ketones (excluding diaryl/α,β-unsaturated/α-hetero) is 1. The highest BCUT2D eigenvalue weighted by Gasteiger charge is 2.47. The molecule has 2 aliphatic heterocycles. The normalized spacial score (nSPS) is 20.7. The van der Waals surface area contributed by atoms with Crippen LogP contribution in [0.1, 0.15) is 30.0 Å². The van der Waals surface area contributed by atoms with E-state index in [0.717, 1.165) is 25.9 Å². The Kier molecular flexibility index (Phi) is 6.46. The van der Waals surface area contributed by atoms with Crippen molar-refractivity contribution in [3.63, 3.8) is 0 Å². The average Bonchev–Trinajstić information content (AvgIpc) is 3.44. The van der Waals surface area contributed by atoms with Gasteiger partial charge in [-0.2, -0.15) is 0 Å². The van der Waals surface area contributed by atoms with Crippen LogP contribution in [0.3, 0.4) is 0 Å². The van der Waals surface area contributed by atoms with Crippen LogP contribution in [0, 0.1) is 0 Å². The van der Waals surface area contributed by atoms with Gasteiger partial charge in [-0.3, -0.25) is 9.59 Å². The molecular weight excluding hydrogens is 408 g/mol. The predicted molar refractivity (Wildman–Crippen MR) is 121 cm³/mol. The van der Waals surface area contributed by atoms with Gasteiger partial charge in [0.05, 0.1) is 25.8 Å². The maximum absolute atomic E-state index is 13.2. The van der Waals surface area contributed by atoms with Crippen molar-refractivity contribution in [3.8, 4) is 11.5 Å². The molecule has 2 aliphatic rings. The maximum atomic E-state index is 13.2. The fraction of sp³-hybridized carbons (Fsp3) is 0.360. The summed E-state index contributed by atoms with van der Waals surface area (Å²) in [5.74, 6) is -0.407. The number of nitrogens with zero attached hydrogens (tertiary/aromatic N) is 2. The van der Waals surface area contributed by atoms with Crippen molar-refractivity contribution < 1.29 is 24.2 Å². The molecule has 0 aromatic heterocycles. The number of ketones is 1. The summed E-state index contributed by atoms with van der Waals surface area (Å²) >= 11 is 0. The Balaban J connectivity index is 1.83. The summed E-state index contributed by atoms with van der Waals surface area (Å²) in [6.07, 6.45) is 2.28. The number of benzene rings is 2. The zero-order valence-corrected chi connectivity index (χ0v) is 18.4. The Hall–Kier alpha value is -3.32. The van der Waals surface area contributed by atoms with Crippen molar-refractivity contribution in [2.75, 3.05) is 40.4 Å². The predicted octanol–water partition coefficient (Wildman–Crippen LogP) is 3.22. The van der Waals surface area contributed by atoms with Crippen molar-refractivity contribution in [2.24, 2.45) is 0 Å².